The Morgan fingerprint density at radius 2 is 1.93 bits per heavy atom. The van der Waals surface area contributed by atoms with Gasteiger partial charge in [0.05, 0.1) is 12.2 Å². The second kappa shape index (κ2) is 4.42. The summed E-state index contributed by atoms with van der Waals surface area (Å²) in [6.07, 6.45) is 5.60. The van der Waals surface area contributed by atoms with Gasteiger partial charge < -0.3 is 9.64 Å². The lowest BCUT2D eigenvalue weighted by Gasteiger charge is -2.34. The first-order valence-corrected chi connectivity index (χ1v) is 6.42. The van der Waals surface area contributed by atoms with Crippen LogP contribution in [0.25, 0.3) is 0 Å². The first kappa shape index (κ1) is 11.4. The molecule has 1 aliphatic carbocycles. The van der Waals surface area contributed by atoms with Crippen LogP contribution >= 0.6 is 0 Å². The Morgan fingerprint density at radius 3 is 2.53 bits per heavy atom. The molecule has 1 unspecified atom stereocenters. The van der Waals surface area contributed by atoms with E-state index < -0.39 is 0 Å². The van der Waals surface area contributed by atoms with Crippen LogP contribution in [-0.4, -0.2) is 36.2 Å². The van der Waals surface area contributed by atoms with Crippen LogP contribution in [0, 0.1) is 5.92 Å². The van der Waals surface area contributed by atoms with Crippen molar-refractivity contribution in [1.29, 1.82) is 0 Å². The summed E-state index contributed by atoms with van der Waals surface area (Å²) in [5, 5.41) is 0. The van der Waals surface area contributed by atoms with Crippen molar-refractivity contribution in [2.75, 3.05) is 19.7 Å². The highest BCUT2D eigenvalue weighted by Gasteiger charge is 2.32. The molecule has 0 spiro atoms. The molecule has 2 heteroatoms. The predicted octanol–water partition coefficient (Wildman–Crippen LogP) is 2.68. The monoisotopic (exact) mass is 211 g/mol. The fraction of sp³-hybridized carbons (Fsp3) is 1.00. The molecule has 2 nitrogen and oxygen atoms in total. The van der Waals surface area contributed by atoms with Gasteiger partial charge in [-0.1, -0.05) is 0 Å². The lowest BCUT2D eigenvalue weighted by molar-refractivity contribution is -0.0353. The summed E-state index contributed by atoms with van der Waals surface area (Å²) in [7, 11) is 0. The summed E-state index contributed by atoms with van der Waals surface area (Å²) in [4.78, 5) is 2.68. The van der Waals surface area contributed by atoms with Gasteiger partial charge in [0.25, 0.3) is 0 Å². The Balaban J connectivity index is 1.72. The summed E-state index contributed by atoms with van der Waals surface area (Å²) in [6, 6.07) is 0.933. The van der Waals surface area contributed by atoms with Crippen LogP contribution in [0.15, 0.2) is 0 Å². The Labute approximate surface area is 94.0 Å². The quantitative estimate of drug-likeness (QED) is 0.711. The molecule has 2 aliphatic rings. The lowest BCUT2D eigenvalue weighted by Crippen LogP contribution is -2.39. The number of hydrogen-bond acceptors (Lipinski definition) is 2. The minimum Gasteiger partial charge on any atom is -0.376 e. The highest BCUT2D eigenvalue weighted by atomic mass is 16.5. The van der Waals surface area contributed by atoms with Crippen molar-refractivity contribution in [2.24, 2.45) is 5.92 Å². The van der Waals surface area contributed by atoms with Crippen molar-refractivity contribution >= 4 is 0 Å². The molecule has 88 valence electrons. The van der Waals surface area contributed by atoms with Gasteiger partial charge >= 0.3 is 0 Å². The van der Waals surface area contributed by atoms with Gasteiger partial charge in [0, 0.05) is 12.6 Å². The van der Waals surface area contributed by atoms with Crippen LogP contribution in [0.2, 0.25) is 0 Å². The maximum Gasteiger partial charge on any atom is 0.0598 e. The van der Waals surface area contributed by atoms with Gasteiger partial charge in [-0.3, -0.25) is 0 Å². The van der Waals surface area contributed by atoms with Gasteiger partial charge in [-0.15, -0.1) is 0 Å². The summed E-state index contributed by atoms with van der Waals surface area (Å²) in [5.41, 5.74) is 0.0296. The van der Waals surface area contributed by atoms with Gasteiger partial charge in [-0.25, -0.2) is 0 Å². The van der Waals surface area contributed by atoms with Gasteiger partial charge in [0.15, 0.2) is 0 Å². The molecule has 0 aromatic rings. The molecule has 1 heterocycles. The third-order valence-electron chi connectivity index (χ3n) is 3.37. The van der Waals surface area contributed by atoms with Crippen molar-refractivity contribution in [3.8, 4) is 0 Å². The fourth-order valence-electron chi connectivity index (χ4n) is 2.37. The van der Waals surface area contributed by atoms with Gasteiger partial charge in [-0.2, -0.15) is 0 Å². The Bertz CT molecular complexity index is 205. The second-order valence-corrected chi connectivity index (χ2v) is 6.16. The van der Waals surface area contributed by atoms with Crippen molar-refractivity contribution in [2.45, 2.75) is 58.1 Å². The molecule has 0 aromatic carbocycles. The standard InChI is InChI=1S/C13H25NO/c1-13(2,3)15-10-11-5-4-8-14(9-11)12-6-7-12/h11-12H,4-10H2,1-3H3. The largest absolute Gasteiger partial charge is 0.376 e. The zero-order valence-electron chi connectivity index (χ0n) is 10.5. The van der Waals surface area contributed by atoms with Crippen LogP contribution in [-0.2, 0) is 4.74 Å². The number of hydrogen-bond donors (Lipinski definition) is 0. The second-order valence-electron chi connectivity index (χ2n) is 6.16. The van der Waals surface area contributed by atoms with E-state index in [2.05, 4.69) is 25.7 Å². The topological polar surface area (TPSA) is 12.5 Å². The van der Waals surface area contributed by atoms with Crippen LogP contribution in [0.5, 0.6) is 0 Å². The van der Waals surface area contributed by atoms with Crippen LogP contribution < -0.4 is 0 Å². The average molecular weight is 211 g/mol. The molecule has 1 atom stereocenters. The molecule has 1 aliphatic heterocycles. The van der Waals surface area contributed by atoms with Crippen LogP contribution in [0.1, 0.15) is 46.5 Å². The molecule has 0 N–H and O–H groups in total. The lowest BCUT2D eigenvalue weighted by atomic mass is 9.98. The van der Waals surface area contributed by atoms with Crippen molar-refractivity contribution in [1.82, 2.24) is 4.90 Å². The normalized spacial score (nSPS) is 29.4. The fourth-order valence-corrected chi connectivity index (χ4v) is 2.37. The third kappa shape index (κ3) is 3.76. The Kier molecular flexibility index (Phi) is 3.36. The van der Waals surface area contributed by atoms with E-state index in [0.29, 0.717) is 0 Å². The van der Waals surface area contributed by atoms with Crippen LogP contribution in [0.3, 0.4) is 0 Å². The number of piperidine rings is 1. The molecule has 15 heavy (non-hydrogen) atoms. The molecular formula is C13H25NO. The predicted molar refractivity (Wildman–Crippen MR) is 63.0 cm³/mol. The molecule has 0 radical (unpaired) electrons. The smallest absolute Gasteiger partial charge is 0.0598 e. The molecule has 0 bridgehead atoms. The maximum atomic E-state index is 5.89. The highest BCUT2D eigenvalue weighted by molar-refractivity contribution is 4.87. The van der Waals surface area contributed by atoms with E-state index in [0.717, 1.165) is 18.6 Å². The molecule has 2 fully saturated rings. The number of rotatable bonds is 3. The summed E-state index contributed by atoms with van der Waals surface area (Å²) in [6.45, 7) is 10.0. The van der Waals surface area contributed by atoms with E-state index in [1.165, 1.54) is 38.8 Å². The molecule has 1 saturated heterocycles. The molecule has 2 rings (SSSR count). The van der Waals surface area contributed by atoms with E-state index in [1.54, 1.807) is 0 Å². The number of likely N-dealkylation sites (tertiary alicyclic amines) is 1. The Morgan fingerprint density at radius 1 is 1.20 bits per heavy atom. The average Bonchev–Trinajstić information content (AvgIpc) is 2.97. The molecule has 1 saturated carbocycles. The zero-order chi connectivity index (χ0) is 10.9. The van der Waals surface area contributed by atoms with E-state index in [4.69, 9.17) is 4.74 Å². The summed E-state index contributed by atoms with van der Waals surface area (Å²) >= 11 is 0. The van der Waals surface area contributed by atoms with Crippen molar-refractivity contribution in [3.63, 3.8) is 0 Å². The third-order valence-corrected chi connectivity index (χ3v) is 3.37. The van der Waals surface area contributed by atoms with Crippen LogP contribution in [0.4, 0.5) is 0 Å². The van der Waals surface area contributed by atoms with E-state index in [9.17, 15) is 0 Å². The van der Waals surface area contributed by atoms with Gasteiger partial charge in [0.2, 0.25) is 0 Å². The first-order chi connectivity index (χ1) is 7.04. The summed E-state index contributed by atoms with van der Waals surface area (Å²) in [5.74, 6) is 0.776. The zero-order valence-corrected chi connectivity index (χ0v) is 10.5. The summed E-state index contributed by atoms with van der Waals surface area (Å²) < 4.78 is 5.89. The van der Waals surface area contributed by atoms with E-state index in [-0.39, 0.29) is 5.60 Å². The molecule has 0 amide bonds. The van der Waals surface area contributed by atoms with E-state index in [1.807, 2.05) is 0 Å². The minimum atomic E-state index is 0.0296. The van der Waals surface area contributed by atoms with Gasteiger partial charge in [0.1, 0.15) is 0 Å². The maximum absolute atomic E-state index is 5.89. The van der Waals surface area contributed by atoms with E-state index >= 15 is 0 Å². The van der Waals surface area contributed by atoms with Crippen molar-refractivity contribution in [3.05, 3.63) is 0 Å². The Hall–Kier alpha value is -0.0800. The first-order valence-electron chi connectivity index (χ1n) is 6.42. The SMILES string of the molecule is CC(C)(C)OCC1CCCN(C2CC2)C1. The molecule has 0 aromatic heterocycles. The number of nitrogens with zero attached hydrogens (tertiary/aromatic N) is 1. The van der Waals surface area contributed by atoms with Crippen molar-refractivity contribution < 1.29 is 4.74 Å². The highest BCUT2D eigenvalue weighted by Crippen LogP contribution is 2.31. The van der Waals surface area contributed by atoms with Gasteiger partial charge in [-0.05, 0) is 58.9 Å². The number of ether oxygens (including phenoxy) is 1. The molecular weight excluding hydrogens is 186 g/mol. The minimum absolute atomic E-state index is 0.0296.